The number of ether oxygens (including phenoxy) is 1. The van der Waals surface area contributed by atoms with Crippen molar-refractivity contribution in [1.82, 2.24) is 10.2 Å². The van der Waals surface area contributed by atoms with Crippen molar-refractivity contribution < 1.29 is 14.3 Å². The maximum absolute atomic E-state index is 11.9. The molecule has 0 bridgehead atoms. The lowest BCUT2D eigenvalue weighted by molar-refractivity contribution is -0.146. The van der Waals surface area contributed by atoms with Crippen molar-refractivity contribution in [2.45, 2.75) is 30.6 Å². The predicted molar refractivity (Wildman–Crippen MR) is 72.5 cm³/mol. The zero-order valence-corrected chi connectivity index (χ0v) is 12.2. The van der Waals surface area contributed by atoms with E-state index >= 15 is 0 Å². The highest BCUT2D eigenvalue weighted by atomic mass is 32.2. The molecule has 1 heterocycles. The molecule has 1 atom stereocenters. The zero-order valence-electron chi connectivity index (χ0n) is 11.3. The SMILES string of the molecule is COC(=O)C(NC(C)=O)C1(SN=O)CCN(C)CC1. The van der Waals surface area contributed by atoms with Gasteiger partial charge in [-0.15, -0.1) is 4.91 Å². The smallest absolute Gasteiger partial charge is 0.329 e. The number of hydrogen-bond acceptors (Lipinski definition) is 7. The maximum atomic E-state index is 11.9. The van der Waals surface area contributed by atoms with E-state index in [0.29, 0.717) is 12.8 Å². The first-order chi connectivity index (χ1) is 8.95. The number of likely N-dealkylation sites (tertiary alicyclic amines) is 1. The van der Waals surface area contributed by atoms with Gasteiger partial charge >= 0.3 is 5.97 Å². The number of rotatable bonds is 5. The molecule has 7 nitrogen and oxygen atoms in total. The van der Waals surface area contributed by atoms with Gasteiger partial charge in [0, 0.05) is 23.5 Å². The fourth-order valence-corrected chi connectivity index (χ4v) is 3.00. The minimum Gasteiger partial charge on any atom is -0.467 e. The summed E-state index contributed by atoms with van der Waals surface area (Å²) < 4.78 is 6.90. The third-order valence-corrected chi connectivity index (χ3v) is 4.45. The van der Waals surface area contributed by atoms with Gasteiger partial charge in [-0.3, -0.25) is 4.79 Å². The third-order valence-electron chi connectivity index (χ3n) is 3.36. The summed E-state index contributed by atoms with van der Waals surface area (Å²) in [4.78, 5) is 36.0. The van der Waals surface area contributed by atoms with Crippen LogP contribution in [0.2, 0.25) is 0 Å². The Hall–Kier alpha value is -1.15. The first kappa shape index (κ1) is 15.9. The van der Waals surface area contributed by atoms with Crippen LogP contribution in [0.3, 0.4) is 0 Å². The summed E-state index contributed by atoms with van der Waals surface area (Å²) in [6.07, 6.45) is 1.17. The fourth-order valence-electron chi connectivity index (χ4n) is 2.23. The van der Waals surface area contributed by atoms with E-state index < -0.39 is 16.8 Å². The van der Waals surface area contributed by atoms with E-state index in [4.69, 9.17) is 4.74 Å². The molecule has 1 rings (SSSR count). The molecule has 0 spiro atoms. The monoisotopic (exact) mass is 289 g/mol. The van der Waals surface area contributed by atoms with Gasteiger partial charge in [0.2, 0.25) is 5.91 Å². The molecule has 0 aromatic heterocycles. The molecule has 1 amide bonds. The lowest BCUT2D eigenvalue weighted by atomic mass is 9.88. The largest absolute Gasteiger partial charge is 0.467 e. The van der Waals surface area contributed by atoms with Crippen LogP contribution in [-0.2, 0) is 14.3 Å². The number of nitroso groups, excluding NO2 is 1. The van der Waals surface area contributed by atoms with Gasteiger partial charge in [-0.05, 0) is 33.0 Å². The van der Waals surface area contributed by atoms with Crippen molar-refractivity contribution in [2.24, 2.45) is 4.58 Å². The molecule has 1 aliphatic heterocycles. The van der Waals surface area contributed by atoms with Crippen LogP contribution in [0.5, 0.6) is 0 Å². The van der Waals surface area contributed by atoms with E-state index in [1.165, 1.54) is 14.0 Å². The van der Waals surface area contributed by atoms with Crippen LogP contribution in [-0.4, -0.2) is 54.8 Å². The summed E-state index contributed by atoms with van der Waals surface area (Å²) >= 11 is 0.823. The van der Waals surface area contributed by atoms with Gasteiger partial charge in [-0.25, -0.2) is 4.79 Å². The van der Waals surface area contributed by atoms with Gasteiger partial charge in [0.1, 0.15) is 6.04 Å². The fraction of sp³-hybridized carbons (Fsp3) is 0.818. The van der Waals surface area contributed by atoms with Crippen molar-refractivity contribution in [3.05, 3.63) is 4.91 Å². The number of nitrogens with zero attached hydrogens (tertiary/aromatic N) is 2. The second-order valence-corrected chi connectivity index (χ2v) is 5.84. The molecule has 0 saturated carbocycles. The molecule has 0 aromatic rings. The first-order valence-electron chi connectivity index (χ1n) is 5.99. The van der Waals surface area contributed by atoms with E-state index in [-0.39, 0.29) is 5.91 Å². The first-order valence-corrected chi connectivity index (χ1v) is 6.77. The normalized spacial score (nSPS) is 20.4. The van der Waals surface area contributed by atoms with Crippen molar-refractivity contribution in [3.8, 4) is 0 Å². The van der Waals surface area contributed by atoms with Crippen LogP contribution < -0.4 is 5.32 Å². The zero-order chi connectivity index (χ0) is 14.5. The van der Waals surface area contributed by atoms with Crippen LogP contribution in [0.15, 0.2) is 4.58 Å². The molecular formula is C11H19N3O4S. The molecule has 0 radical (unpaired) electrons. The van der Waals surface area contributed by atoms with Gasteiger partial charge in [-0.1, -0.05) is 0 Å². The average molecular weight is 289 g/mol. The van der Waals surface area contributed by atoms with Crippen molar-refractivity contribution in [3.63, 3.8) is 0 Å². The molecule has 1 fully saturated rings. The number of carbonyl (C=O) groups excluding carboxylic acids is 2. The Bertz CT molecular complexity index is 356. The van der Waals surface area contributed by atoms with Gasteiger partial charge in [0.25, 0.3) is 0 Å². The second kappa shape index (κ2) is 6.85. The Morgan fingerprint density at radius 2 is 2.00 bits per heavy atom. The average Bonchev–Trinajstić information content (AvgIpc) is 2.38. The van der Waals surface area contributed by atoms with E-state index in [9.17, 15) is 14.5 Å². The molecule has 1 aliphatic rings. The summed E-state index contributed by atoms with van der Waals surface area (Å²) in [5, 5.41) is 2.59. The Kier molecular flexibility index (Phi) is 5.74. The number of methoxy groups -OCH3 is 1. The topological polar surface area (TPSA) is 88.1 Å². The minimum absolute atomic E-state index is 0.333. The van der Waals surface area contributed by atoms with E-state index in [0.717, 1.165) is 25.0 Å². The van der Waals surface area contributed by atoms with Gasteiger partial charge in [-0.2, -0.15) is 0 Å². The van der Waals surface area contributed by atoms with Gasteiger partial charge in [0.05, 0.1) is 11.9 Å². The van der Waals surface area contributed by atoms with Crippen molar-refractivity contribution in [1.29, 1.82) is 0 Å². The summed E-state index contributed by atoms with van der Waals surface area (Å²) in [5.74, 6) is -0.879. The standard InChI is InChI=1S/C11H19N3O4S/c1-8(15)12-9(10(16)18-3)11(19-13-17)4-6-14(2)7-5-11/h9H,4-7H2,1-3H3,(H,12,15). The molecule has 108 valence electrons. The number of amides is 1. The molecule has 1 unspecified atom stereocenters. The number of esters is 1. The third kappa shape index (κ3) is 3.90. The summed E-state index contributed by atoms with van der Waals surface area (Å²) in [5.41, 5.74) is 0. The Balaban J connectivity index is 3.00. The molecule has 19 heavy (non-hydrogen) atoms. The number of piperidine rings is 1. The maximum Gasteiger partial charge on any atom is 0.329 e. The molecule has 0 aliphatic carbocycles. The van der Waals surface area contributed by atoms with Crippen LogP contribution in [0.1, 0.15) is 19.8 Å². The highest BCUT2D eigenvalue weighted by Crippen LogP contribution is 2.40. The highest BCUT2D eigenvalue weighted by Gasteiger charge is 2.47. The highest BCUT2D eigenvalue weighted by molar-refractivity contribution is 7.99. The van der Waals surface area contributed by atoms with Gasteiger partial charge < -0.3 is 15.0 Å². The molecule has 0 aromatic carbocycles. The van der Waals surface area contributed by atoms with Crippen LogP contribution in [0, 0.1) is 4.91 Å². The van der Waals surface area contributed by atoms with E-state index in [2.05, 4.69) is 14.8 Å². The summed E-state index contributed by atoms with van der Waals surface area (Å²) in [6.45, 7) is 2.79. The number of carbonyl (C=O) groups is 2. The molecule has 8 heteroatoms. The van der Waals surface area contributed by atoms with E-state index in [1.54, 1.807) is 0 Å². The molecular weight excluding hydrogens is 270 g/mol. The lowest BCUT2D eigenvalue weighted by Crippen LogP contribution is -2.58. The summed E-state index contributed by atoms with van der Waals surface area (Å²) in [6, 6.07) is -0.855. The van der Waals surface area contributed by atoms with Crippen molar-refractivity contribution in [2.75, 3.05) is 27.2 Å². The number of hydrogen-bond donors (Lipinski definition) is 1. The Morgan fingerprint density at radius 1 is 1.42 bits per heavy atom. The van der Waals surface area contributed by atoms with Crippen LogP contribution in [0.4, 0.5) is 0 Å². The van der Waals surface area contributed by atoms with Crippen molar-refractivity contribution >= 4 is 23.8 Å². The number of nitrogens with one attached hydrogen (secondary N) is 1. The lowest BCUT2D eigenvalue weighted by Gasteiger charge is -2.41. The summed E-state index contributed by atoms with van der Waals surface area (Å²) in [7, 11) is 3.23. The van der Waals surface area contributed by atoms with Crippen LogP contribution in [0.25, 0.3) is 0 Å². The van der Waals surface area contributed by atoms with Crippen LogP contribution >= 0.6 is 11.9 Å². The van der Waals surface area contributed by atoms with Gasteiger partial charge in [0.15, 0.2) is 0 Å². The van der Waals surface area contributed by atoms with E-state index in [1.807, 2.05) is 7.05 Å². The predicted octanol–water partition coefficient (Wildman–Crippen LogP) is 0.543. The second-order valence-electron chi connectivity index (χ2n) is 4.69. The Morgan fingerprint density at radius 3 is 2.42 bits per heavy atom. The quantitative estimate of drug-likeness (QED) is 0.451. The molecule has 1 N–H and O–H groups in total. The minimum atomic E-state index is -0.855. The Labute approximate surface area is 116 Å². The molecule has 1 saturated heterocycles.